The van der Waals surface area contributed by atoms with E-state index in [4.69, 9.17) is 0 Å². The fraction of sp³-hybridized carbons (Fsp3) is 0.226. The maximum Gasteiger partial charge on any atom is 0.0462 e. The van der Waals surface area contributed by atoms with E-state index >= 15 is 0 Å². The van der Waals surface area contributed by atoms with E-state index in [1.807, 2.05) is 0 Å². The monoisotopic (exact) mass is 834 g/mol. The number of benzene rings is 8. The van der Waals surface area contributed by atoms with Crippen LogP contribution >= 0.6 is 0 Å². The van der Waals surface area contributed by atoms with Gasteiger partial charge in [-0.3, -0.25) is 0 Å². The lowest BCUT2D eigenvalue weighted by molar-refractivity contribution is 0.401. The van der Waals surface area contributed by atoms with Gasteiger partial charge in [-0.05, 0) is 149 Å². The Bertz CT molecular complexity index is 2670. The SMILES string of the molecule is CCCCCCC1(CCCCCC)c2cc(-c3ccc(N(c4ccccc4)c4ccccc4)cc3)ccc2-c2ccc(-c3ccc(N(c4ccccc4)c4ccc(C)cc4)cc3)cc21. The van der Waals surface area contributed by atoms with E-state index in [-0.39, 0.29) is 5.41 Å². The lowest BCUT2D eigenvalue weighted by Gasteiger charge is -2.33. The summed E-state index contributed by atoms with van der Waals surface area (Å²) in [7, 11) is 0. The van der Waals surface area contributed by atoms with Gasteiger partial charge in [-0.1, -0.05) is 186 Å². The van der Waals surface area contributed by atoms with Crippen molar-refractivity contribution in [3.63, 3.8) is 0 Å². The van der Waals surface area contributed by atoms with Crippen LogP contribution in [0.25, 0.3) is 33.4 Å². The van der Waals surface area contributed by atoms with Gasteiger partial charge in [0.15, 0.2) is 0 Å². The van der Waals surface area contributed by atoms with Crippen LogP contribution in [0.15, 0.2) is 200 Å². The highest BCUT2D eigenvalue weighted by atomic mass is 15.1. The number of aryl methyl sites for hydroxylation is 1. The van der Waals surface area contributed by atoms with Crippen molar-refractivity contribution in [3.05, 3.63) is 217 Å². The van der Waals surface area contributed by atoms with Crippen LogP contribution in [-0.2, 0) is 5.41 Å². The van der Waals surface area contributed by atoms with E-state index in [0.717, 1.165) is 34.1 Å². The predicted octanol–water partition coefficient (Wildman–Crippen LogP) is 18.5. The van der Waals surface area contributed by atoms with Crippen molar-refractivity contribution in [1.29, 1.82) is 0 Å². The van der Waals surface area contributed by atoms with Crippen molar-refractivity contribution < 1.29 is 0 Å². The van der Waals surface area contributed by atoms with Gasteiger partial charge in [-0.25, -0.2) is 0 Å². The molecule has 0 fully saturated rings. The number of rotatable bonds is 18. The quantitative estimate of drug-likeness (QED) is 0.0795. The molecule has 64 heavy (non-hydrogen) atoms. The van der Waals surface area contributed by atoms with Gasteiger partial charge in [0.05, 0.1) is 0 Å². The van der Waals surface area contributed by atoms with E-state index in [2.05, 4.69) is 231 Å². The first-order valence-corrected chi connectivity index (χ1v) is 23.9. The second-order valence-electron chi connectivity index (χ2n) is 17.8. The molecule has 8 aromatic rings. The predicted molar refractivity (Wildman–Crippen MR) is 275 cm³/mol. The number of fused-ring (bicyclic) bond motifs is 3. The molecule has 0 saturated carbocycles. The van der Waals surface area contributed by atoms with Crippen LogP contribution < -0.4 is 9.80 Å². The van der Waals surface area contributed by atoms with Gasteiger partial charge >= 0.3 is 0 Å². The minimum absolute atomic E-state index is 0.0367. The van der Waals surface area contributed by atoms with Gasteiger partial charge in [-0.2, -0.15) is 0 Å². The van der Waals surface area contributed by atoms with Crippen molar-refractivity contribution in [2.75, 3.05) is 9.80 Å². The van der Waals surface area contributed by atoms with Gasteiger partial charge in [0.2, 0.25) is 0 Å². The van der Waals surface area contributed by atoms with Crippen molar-refractivity contribution in [3.8, 4) is 33.4 Å². The first-order valence-electron chi connectivity index (χ1n) is 23.9. The molecule has 0 aromatic heterocycles. The molecule has 0 radical (unpaired) electrons. The summed E-state index contributed by atoms with van der Waals surface area (Å²) in [5.74, 6) is 0. The second kappa shape index (κ2) is 19.8. The average Bonchev–Trinajstić information content (AvgIpc) is 3.62. The first kappa shape index (κ1) is 42.7. The molecule has 0 bridgehead atoms. The zero-order chi connectivity index (χ0) is 43.7. The van der Waals surface area contributed by atoms with Crippen LogP contribution in [0.3, 0.4) is 0 Å². The van der Waals surface area contributed by atoms with Crippen LogP contribution in [0.5, 0.6) is 0 Å². The fourth-order valence-electron chi connectivity index (χ4n) is 10.2. The van der Waals surface area contributed by atoms with Gasteiger partial charge in [-0.15, -0.1) is 0 Å². The van der Waals surface area contributed by atoms with Crippen LogP contribution in [0.1, 0.15) is 94.7 Å². The molecule has 1 aliphatic carbocycles. The summed E-state index contributed by atoms with van der Waals surface area (Å²) < 4.78 is 0. The molecule has 2 nitrogen and oxygen atoms in total. The molecule has 0 N–H and O–H groups in total. The molecule has 0 spiro atoms. The van der Waals surface area contributed by atoms with E-state index in [0.29, 0.717) is 0 Å². The van der Waals surface area contributed by atoms with Crippen molar-refractivity contribution in [1.82, 2.24) is 0 Å². The van der Waals surface area contributed by atoms with E-state index in [1.54, 1.807) is 0 Å². The van der Waals surface area contributed by atoms with Crippen LogP contribution in [0.2, 0.25) is 0 Å². The van der Waals surface area contributed by atoms with Gasteiger partial charge < -0.3 is 9.80 Å². The largest absolute Gasteiger partial charge is 0.311 e. The van der Waals surface area contributed by atoms with E-state index in [1.165, 1.54) is 114 Å². The molecule has 0 amide bonds. The third-order valence-electron chi connectivity index (χ3n) is 13.5. The normalized spacial score (nSPS) is 12.4. The van der Waals surface area contributed by atoms with Crippen LogP contribution in [0.4, 0.5) is 34.1 Å². The summed E-state index contributed by atoms with van der Waals surface area (Å²) in [6, 6.07) is 74.2. The first-order chi connectivity index (χ1) is 31.6. The fourth-order valence-corrected chi connectivity index (χ4v) is 10.2. The molecule has 0 unspecified atom stereocenters. The van der Waals surface area contributed by atoms with Gasteiger partial charge in [0, 0.05) is 39.5 Å². The summed E-state index contributed by atoms with van der Waals surface area (Å²) >= 11 is 0. The number of hydrogen-bond acceptors (Lipinski definition) is 2. The molecule has 9 rings (SSSR count). The van der Waals surface area contributed by atoms with Crippen molar-refractivity contribution in [2.45, 2.75) is 90.4 Å². The Morgan fingerprint density at radius 2 is 0.656 bits per heavy atom. The van der Waals surface area contributed by atoms with Crippen molar-refractivity contribution in [2.24, 2.45) is 0 Å². The Morgan fingerprint density at radius 3 is 1.02 bits per heavy atom. The smallest absolute Gasteiger partial charge is 0.0462 e. The van der Waals surface area contributed by atoms with Crippen LogP contribution in [0, 0.1) is 6.92 Å². The number of unbranched alkanes of at least 4 members (excludes halogenated alkanes) is 6. The van der Waals surface area contributed by atoms with Gasteiger partial charge in [0.25, 0.3) is 0 Å². The number of nitrogens with zero attached hydrogens (tertiary/aromatic N) is 2. The lowest BCUT2D eigenvalue weighted by Crippen LogP contribution is -2.25. The Hall–Kier alpha value is -6.64. The Kier molecular flexibility index (Phi) is 13.2. The number of hydrogen-bond donors (Lipinski definition) is 0. The van der Waals surface area contributed by atoms with E-state index < -0.39 is 0 Å². The minimum Gasteiger partial charge on any atom is -0.311 e. The summed E-state index contributed by atoms with van der Waals surface area (Å²) in [4.78, 5) is 4.70. The third-order valence-corrected chi connectivity index (χ3v) is 13.5. The molecule has 320 valence electrons. The minimum atomic E-state index is -0.0367. The molecular formula is C62H62N2. The molecule has 1 aliphatic rings. The lowest BCUT2D eigenvalue weighted by atomic mass is 9.70. The maximum atomic E-state index is 2.58. The Labute approximate surface area is 382 Å². The van der Waals surface area contributed by atoms with E-state index in [9.17, 15) is 0 Å². The summed E-state index contributed by atoms with van der Waals surface area (Å²) in [6.45, 7) is 6.80. The molecule has 8 aromatic carbocycles. The Balaban J connectivity index is 1.09. The molecule has 0 atom stereocenters. The number of para-hydroxylation sites is 3. The summed E-state index contributed by atoms with van der Waals surface area (Å²) in [5, 5.41) is 0. The second-order valence-corrected chi connectivity index (χ2v) is 17.8. The maximum absolute atomic E-state index is 2.58. The molecular weight excluding hydrogens is 773 g/mol. The number of anilines is 6. The highest BCUT2D eigenvalue weighted by molar-refractivity contribution is 5.87. The molecule has 0 aliphatic heterocycles. The Morgan fingerprint density at radius 1 is 0.328 bits per heavy atom. The zero-order valence-electron chi connectivity index (χ0n) is 38.0. The summed E-state index contributed by atoms with van der Waals surface area (Å²) in [6.07, 6.45) is 12.4. The highest BCUT2D eigenvalue weighted by Crippen LogP contribution is 2.56. The third kappa shape index (κ3) is 8.93. The zero-order valence-corrected chi connectivity index (χ0v) is 38.0. The molecule has 0 heterocycles. The summed E-state index contributed by atoms with van der Waals surface area (Å²) in [5.41, 5.74) is 19.1. The van der Waals surface area contributed by atoms with Crippen LogP contribution in [-0.4, -0.2) is 0 Å². The highest BCUT2D eigenvalue weighted by Gasteiger charge is 2.42. The molecule has 0 saturated heterocycles. The van der Waals surface area contributed by atoms with Gasteiger partial charge in [0.1, 0.15) is 0 Å². The average molecular weight is 835 g/mol. The standard InChI is InChI=1S/C62H62N2/c1-4-6-8-19-43-62(44-20-9-7-5-2)60-45-50(48-29-37-56(38-30-48)63(52-21-13-10-14-22-52)53-23-15-11-16-24-53)33-41-58(60)59-42-34-51(46-61(59)62)49-31-39-57(40-32-49)64(54-25-17-12-18-26-54)55-35-27-47(3)28-36-55/h10-18,21-42,45-46H,4-9,19-20,43-44H2,1-3H3. The topological polar surface area (TPSA) is 6.48 Å². The van der Waals surface area contributed by atoms with Crippen molar-refractivity contribution >= 4 is 34.1 Å². The molecule has 2 heteroatoms.